The molecule has 4 rings (SSSR count). The maximum Gasteiger partial charge on any atom is 0.0894 e. The van der Waals surface area contributed by atoms with Crippen LogP contribution in [0.3, 0.4) is 0 Å². The average molecular weight is 359 g/mol. The van der Waals surface area contributed by atoms with Crippen molar-refractivity contribution in [2.24, 2.45) is 0 Å². The van der Waals surface area contributed by atoms with Gasteiger partial charge in [0.1, 0.15) is 0 Å². The summed E-state index contributed by atoms with van der Waals surface area (Å²) in [6.45, 7) is 0. The van der Waals surface area contributed by atoms with Gasteiger partial charge in [0.15, 0.2) is 0 Å². The van der Waals surface area contributed by atoms with E-state index in [2.05, 4.69) is 33.3 Å². The summed E-state index contributed by atoms with van der Waals surface area (Å²) < 4.78 is 1.00. The molecular weight excluding hydrogens is 347 g/mol. The number of nitrogens with zero attached hydrogens (tertiary/aromatic N) is 3. The van der Waals surface area contributed by atoms with Crippen LogP contribution in [0.2, 0.25) is 0 Å². The van der Waals surface area contributed by atoms with E-state index < -0.39 is 0 Å². The van der Waals surface area contributed by atoms with E-state index in [1.54, 1.807) is 6.20 Å². The Bertz CT molecular complexity index is 758. The van der Waals surface area contributed by atoms with Crippen LogP contribution in [0.5, 0.6) is 0 Å². The first-order valence-electron chi connectivity index (χ1n) is 6.50. The zero-order valence-electron chi connectivity index (χ0n) is 11.1. The summed E-state index contributed by atoms with van der Waals surface area (Å²) in [6.07, 6.45) is 1.77. The molecule has 0 spiro atoms. The Balaban J connectivity index is 0.000000160. The fourth-order valence-electron chi connectivity index (χ4n) is 1.90. The molecular formula is C17H12N3Ru. The second kappa shape index (κ2) is 6.51. The monoisotopic (exact) mass is 360 g/mol. The fourth-order valence-corrected chi connectivity index (χ4v) is 2.20. The summed E-state index contributed by atoms with van der Waals surface area (Å²) in [5, 5.41) is 0. The van der Waals surface area contributed by atoms with E-state index in [4.69, 9.17) is 0 Å². The molecule has 0 amide bonds. The van der Waals surface area contributed by atoms with Crippen LogP contribution in [0, 0.1) is 0 Å². The van der Waals surface area contributed by atoms with E-state index >= 15 is 0 Å². The topological polar surface area (TPSA) is 38.7 Å². The molecule has 0 aliphatic carbocycles. The molecule has 4 heteroatoms. The van der Waals surface area contributed by atoms with Gasteiger partial charge in [-0.1, -0.05) is 24.3 Å². The van der Waals surface area contributed by atoms with Gasteiger partial charge >= 0.3 is 52.0 Å². The normalized spacial score (nSPS) is 10.1. The van der Waals surface area contributed by atoms with E-state index in [9.17, 15) is 0 Å². The third-order valence-corrected chi connectivity index (χ3v) is 3.38. The predicted octanol–water partition coefficient (Wildman–Crippen LogP) is 3.04. The van der Waals surface area contributed by atoms with Gasteiger partial charge in [-0.3, -0.25) is 0 Å². The van der Waals surface area contributed by atoms with Crippen molar-refractivity contribution in [3.8, 4) is 0 Å². The number of pyridine rings is 1. The Morgan fingerprint density at radius 1 is 0.571 bits per heavy atom. The number of rotatable bonds is 0. The maximum atomic E-state index is 4.52. The van der Waals surface area contributed by atoms with Gasteiger partial charge in [-0.25, -0.2) is 9.97 Å². The van der Waals surface area contributed by atoms with Crippen molar-refractivity contribution in [3.05, 3.63) is 72.9 Å². The summed E-state index contributed by atoms with van der Waals surface area (Å²) in [4.78, 5) is 13.0. The molecule has 4 aromatic rings. The minimum Gasteiger partial charge on any atom is -0.245 e. The van der Waals surface area contributed by atoms with Gasteiger partial charge in [0.05, 0.1) is 22.1 Å². The summed E-state index contributed by atoms with van der Waals surface area (Å²) in [6, 6.07) is 21.6. The molecule has 0 aliphatic heterocycles. The quantitative estimate of drug-likeness (QED) is 0.358. The maximum absolute atomic E-state index is 4.52. The summed E-state index contributed by atoms with van der Waals surface area (Å²) in [5.74, 6) is 0. The largest absolute Gasteiger partial charge is 0.245 e. The standard InChI is InChI=1S/C12H8N2.C5H4N.Ru/c1-2-6-10-9(5-1)13-11-7-3-4-8-12(11)14-10;1-2-4-6-5-3-1;/h1-8H;1-4H;. The number of fused-ring (bicyclic) bond motifs is 2. The van der Waals surface area contributed by atoms with E-state index in [0.29, 0.717) is 0 Å². The van der Waals surface area contributed by atoms with E-state index in [1.165, 1.54) is 0 Å². The molecule has 2 heterocycles. The van der Waals surface area contributed by atoms with Crippen molar-refractivity contribution in [1.82, 2.24) is 15.0 Å². The van der Waals surface area contributed by atoms with Gasteiger partial charge in [0.25, 0.3) is 0 Å². The van der Waals surface area contributed by atoms with Crippen LogP contribution in [-0.4, -0.2) is 15.0 Å². The SMILES string of the molecule is [Ru][c]1ccccn1.c1ccc2nc3ccccc3nc2c1. The van der Waals surface area contributed by atoms with Crippen LogP contribution in [0.4, 0.5) is 0 Å². The van der Waals surface area contributed by atoms with Crippen molar-refractivity contribution in [3.63, 3.8) is 0 Å². The zero-order chi connectivity index (χ0) is 14.5. The van der Waals surface area contributed by atoms with E-state index in [1.807, 2.05) is 66.7 Å². The molecule has 0 bridgehead atoms. The molecule has 103 valence electrons. The van der Waals surface area contributed by atoms with Crippen molar-refractivity contribution >= 4 is 26.4 Å². The molecule has 0 N–H and O–H groups in total. The summed E-state index contributed by atoms with van der Waals surface area (Å²) >= 11 is 2.43. The number of hydrogen-bond donors (Lipinski definition) is 0. The van der Waals surface area contributed by atoms with Crippen LogP contribution in [0.15, 0.2) is 72.9 Å². The van der Waals surface area contributed by atoms with Crippen molar-refractivity contribution in [2.45, 2.75) is 0 Å². The summed E-state index contributed by atoms with van der Waals surface area (Å²) in [7, 11) is 0. The van der Waals surface area contributed by atoms with Crippen molar-refractivity contribution in [1.29, 1.82) is 0 Å². The van der Waals surface area contributed by atoms with Crippen LogP contribution in [0.25, 0.3) is 22.1 Å². The molecule has 0 radical (unpaired) electrons. The zero-order valence-corrected chi connectivity index (χ0v) is 12.9. The summed E-state index contributed by atoms with van der Waals surface area (Å²) in [5.41, 5.74) is 3.80. The van der Waals surface area contributed by atoms with Crippen LogP contribution < -0.4 is 4.29 Å². The first-order valence-corrected chi connectivity index (χ1v) is 7.37. The molecule has 3 nitrogen and oxygen atoms in total. The number of aromatic nitrogens is 3. The fraction of sp³-hybridized carbons (Fsp3) is 0. The van der Waals surface area contributed by atoms with Gasteiger partial charge in [0, 0.05) is 0 Å². The van der Waals surface area contributed by atoms with Gasteiger partial charge in [-0.15, -0.1) is 0 Å². The molecule has 0 saturated carbocycles. The minimum atomic E-state index is 0.950. The molecule has 0 aliphatic rings. The minimum absolute atomic E-state index is 0.950. The van der Waals surface area contributed by atoms with Crippen molar-refractivity contribution in [2.75, 3.05) is 0 Å². The molecule has 0 unspecified atom stereocenters. The van der Waals surface area contributed by atoms with E-state index in [-0.39, 0.29) is 0 Å². The number of hydrogen-bond acceptors (Lipinski definition) is 3. The van der Waals surface area contributed by atoms with Gasteiger partial charge in [-0.05, 0) is 24.3 Å². The molecule has 2 aromatic carbocycles. The molecule has 0 fully saturated rings. The van der Waals surface area contributed by atoms with E-state index in [0.717, 1.165) is 26.4 Å². The Kier molecular flexibility index (Phi) is 4.27. The third-order valence-electron chi connectivity index (χ3n) is 2.87. The molecule has 2 aromatic heterocycles. The number of benzene rings is 2. The van der Waals surface area contributed by atoms with Gasteiger partial charge in [-0.2, -0.15) is 0 Å². The first-order chi connectivity index (χ1) is 10.3. The second-order valence-electron chi connectivity index (χ2n) is 4.34. The first kappa shape index (κ1) is 13.8. The van der Waals surface area contributed by atoms with Gasteiger partial charge < -0.3 is 0 Å². The van der Waals surface area contributed by atoms with Gasteiger partial charge in [0.2, 0.25) is 0 Å². The van der Waals surface area contributed by atoms with Crippen molar-refractivity contribution < 1.29 is 18.3 Å². The smallest absolute Gasteiger partial charge is 0.0894 e. The Morgan fingerprint density at radius 2 is 1.00 bits per heavy atom. The Labute approximate surface area is 132 Å². The Morgan fingerprint density at radius 3 is 1.29 bits per heavy atom. The molecule has 0 atom stereocenters. The average Bonchev–Trinajstić information content (AvgIpc) is 2.54. The molecule has 0 saturated heterocycles. The van der Waals surface area contributed by atoms with Crippen LogP contribution >= 0.6 is 0 Å². The van der Waals surface area contributed by atoms with Crippen LogP contribution in [-0.2, 0) is 18.3 Å². The molecule has 21 heavy (non-hydrogen) atoms. The van der Waals surface area contributed by atoms with Crippen LogP contribution in [0.1, 0.15) is 0 Å². The predicted molar refractivity (Wildman–Crippen MR) is 80.9 cm³/mol. The Hall–Kier alpha value is -2.19. The number of para-hydroxylation sites is 4. The second-order valence-corrected chi connectivity index (χ2v) is 5.23. The third kappa shape index (κ3) is 3.47.